The Morgan fingerprint density at radius 3 is 2.57 bits per heavy atom. The van der Waals surface area contributed by atoms with Crippen LogP contribution in [-0.4, -0.2) is 37.1 Å². The van der Waals surface area contributed by atoms with E-state index in [0.717, 1.165) is 15.3 Å². The summed E-state index contributed by atoms with van der Waals surface area (Å²) in [4.78, 5) is 23.1. The molecule has 2 amide bonds. The molecule has 112 valence electrons. The first-order valence-corrected chi connectivity index (χ1v) is 8.03. The number of nitrogens with zero attached hydrogens (tertiary/aromatic N) is 1. The molecule has 6 nitrogen and oxygen atoms in total. The summed E-state index contributed by atoms with van der Waals surface area (Å²) >= 11 is 0. The highest BCUT2D eigenvalue weighted by atomic mass is 32.2. The number of benzene rings is 1. The van der Waals surface area contributed by atoms with Crippen LogP contribution in [-0.2, 0) is 19.6 Å². The molecule has 7 heteroatoms. The van der Waals surface area contributed by atoms with Crippen molar-refractivity contribution in [3.05, 3.63) is 41.3 Å². The van der Waals surface area contributed by atoms with Gasteiger partial charge in [0.1, 0.15) is 6.04 Å². The molecule has 1 aromatic carbocycles. The lowest BCUT2D eigenvalue weighted by Gasteiger charge is -2.31. The molecule has 1 aliphatic heterocycles. The van der Waals surface area contributed by atoms with Gasteiger partial charge in [-0.05, 0) is 18.1 Å². The molecule has 21 heavy (non-hydrogen) atoms. The Hall–Kier alpha value is -1.99. The van der Waals surface area contributed by atoms with E-state index >= 15 is 0 Å². The maximum Gasteiger partial charge on any atom is 0.245 e. The fraction of sp³-hybridized carbons (Fsp3) is 0.286. The SMILES string of the molecule is CCC1C(=O)NC(=O)CN1S(=O)(=O)C=Cc1ccccc1. The zero-order valence-electron chi connectivity index (χ0n) is 11.5. The van der Waals surface area contributed by atoms with E-state index in [1.807, 2.05) is 6.07 Å². The maximum atomic E-state index is 12.3. The summed E-state index contributed by atoms with van der Waals surface area (Å²) in [6, 6.07) is 8.08. The van der Waals surface area contributed by atoms with E-state index in [0.29, 0.717) is 6.42 Å². The number of amides is 2. The number of carbonyl (C=O) groups excluding carboxylic acids is 2. The maximum absolute atomic E-state index is 12.3. The van der Waals surface area contributed by atoms with Gasteiger partial charge in [-0.2, -0.15) is 4.31 Å². The first kappa shape index (κ1) is 15.4. The third-order valence-corrected chi connectivity index (χ3v) is 4.68. The molecule has 1 fully saturated rings. The minimum absolute atomic E-state index is 0.303. The van der Waals surface area contributed by atoms with Gasteiger partial charge in [-0.1, -0.05) is 37.3 Å². The summed E-state index contributed by atoms with van der Waals surface area (Å²) < 4.78 is 25.6. The van der Waals surface area contributed by atoms with Crippen molar-refractivity contribution in [1.29, 1.82) is 0 Å². The topological polar surface area (TPSA) is 83.6 Å². The minimum Gasteiger partial charge on any atom is -0.294 e. The molecule has 1 atom stereocenters. The van der Waals surface area contributed by atoms with Crippen LogP contribution >= 0.6 is 0 Å². The lowest BCUT2D eigenvalue weighted by Crippen LogP contribution is -2.59. The van der Waals surface area contributed by atoms with Crippen molar-refractivity contribution in [3.8, 4) is 0 Å². The largest absolute Gasteiger partial charge is 0.294 e. The molecule has 1 heterocycles. The van der Waals surface area contributed by atoms with E-state index < -0.39 is 27.9 Å². The van der Waals surface area contributed by atoms with Crippen molar-refractivity contribution in [2.75, 3.05) is 6.54 Å². The van der Waals surface area contributed by atoms with Crippen LogP contribution in [0.3, 0.4) is 0 Å². The number of hydrogen-bond donors (Lipinski definition) is 1. The normalized spacial score (nSPS) is 20.7. The van der Waals surface area contributed by atoms with E-state index in [9.17, 15) is 18.0 Å². The van der Waals surface area contributed by atoms with E-state index in [1.165, 1.54) is 6.08 Å². The Morgan fingerprint density at radius 1 is 1.29 bits per heavy atom. The molecular formula is C14H16N2O4S. The quantitative estimate of drug-likeness (QED) is 0.831. The second-order valence-corrected chi connectivity index (χ2v) is 6.41. The molecule has 2 rings (SSSR count). The standard InChI is InChI=1S/C14H16N2O4S/c1-2-12-14(18)15-13(17)10-16(12)21(19,20)9-8-11-6-4-3-5-7-11/h3-9,12H,2,10H2,1H3,(H,15,17,18). The van der Waals surface area contributed by atoms with Gasteiger partial charge >= 0.3 is 0 Å². The zero-order chi connectivity index (χ0) is 15.5. The summed E-state index contributed by atoms with van der Waals surface area (Å²) in [5, 5.41) is 3.17. The van der Waals surface area contributed by atoms with Crippen molar-refractivity contribution >= 4 is 27.9 Å². The summed E-state index contributed by atoms with van der Waals surface area (Å²) in [6.45, 7) is 1.36. The molecule has 1 aromatic rings. The van der Waals surface area contributed by atoms with Crippen LogP contribution in [0.2, 0.25) is 0 Å². The van der Waals surface area contributed by atoms with Crippen molar-refractivity contribution in [1.82, 2.24) is 9.62 Å². The van der Waals surface area contributed by atoms with Gasteiger partial charge in [-0.25, -0.2) is 8.42 Å². The number of nitrogens with one attached hydrogen (secondary N) is 1. The van der Waals surface area contributed by atoms with E-state index in [-0.39, 0.29) is 6.54 Å². The smallest absolute Gasteiger partial charge is 0.245 e. The van der Waals surface area contributed by atoms with Crippen LogP contribution in [0.1, 0.15) is 18.9 Å². The number of sulfonamides is 1. The highest BCUT2D eigenvalue weighted by Gasteiger charge is 2.38. The first-order valence-electron chi connectivity index (χ1n) is 6.52. The van der Waals surface area contributed by atoms with Crippen molar-refractivity contribution in [2.45, 2.75) is 19.4 Å². The Balaban J connectivity index is 2.27. The molecule has 1 saturated heterocycles. The molecule has 1 aliphatic rings. The number of rotatable bonds is 4. The molecule has 0 bridgehead atoms. The van der Waals surface area contributed by atoms with E-state index in [2.05, 4.69) is 5.32 Å². The third kappa shape index (κ3) is 3.56. The van der Waals surface area contributed by atoms with Gasteiger partial charge < -0.3 is 0 Å². The monoisotopic (exact) mass is 308 g/mol. The predicted molar refractivity (Wildman–Crippen MR) is 78.3 cm³/mol. The molecular weight excluding hydrogens is 292 g/mol. The van der Waals surface area contributed by atoms with Gasteiger partial charge in [0.15, 0.2) is 0 Å². The number of hydrogen-bond acceptors (Lipinski definition) is 4. The van der Waals surface area contributed by atoms with Crippen LogP contribution in [0.15, 0.2) is 35.7 Å². The minimum atomic E-state index is -3.84. The van der Waals surface area contributed by atoms with Crippen LogP contribution in [0, 0.1) is 0 Å². The van der Waals surface area contributed by atoms with Crippen LogP contribution < -0.4 is 5.32 Å². The highest BCUT2D eigenvalue weighted by molar-refractivity contribution is 7.92. The van der Waals surface area contributed by atoms with Gasteiger partial charge in [0.25, 0.3) is 0 Å². The van der Waals surface area contributed by atoms with Gasteiger partial charge in [-0.3, -0.25) is 14.9 Å². The fourth-order valence-electron chi connectivity index (χ4n) is 2.11. The Bertz CT molecular complexity index is 667. The first-order chi connectivity index (χ1) is 9.94. The van der Waals surface area contributed by atoms with Crippen LogP contribution in [0.25, 0.3) is 6.08 Å². The van der Waals surface area contributed by atoms with Gasteiger partial charge in [-0.15, -0.1) is 0 Å². The lowest BCUT2D eigenvalue weighted by molar-refractivity contribution is -0.137. The molecule has 0 saturated carbocycles. The molecule has 0 radical (unpaired) electrons. The Kier molecular flexibility index (Phi) is 4.54. The Labute approximate surface area is 123 Å². The average molecular weight is 308 g/mol. The second-order valence-electron chi connectivity index (χ2n) is 4.64. The molecule has 0 aromatic heterocycles. The third-order valence-electron chi connectivity index (χ3n) is 3.16. The highest BCUT2D eigenvalue weighted by Crippen LogP contribution is 2.16. The summed E-state index contributed by atoms with van der Waals surface area (Å²) in [5.74, 6) is -1.19. The van der Waals surface area contributed by atoms with Crippen LogP contribution in [0.4, 0.5) is 0 Å². The summed E-state index contributed by atoms with van der Waals surface area (Å²) in [5.41, 5.74) is 0.724. The van der Waals surface area contributed by atoms with Crippen molar-refractivity contribution in [2.24, 2.45) is 0 Å². The van der Waals surface area contributed by atoms with Crippen molar-refractivity contribution in [3.63, 3.8) is 0 Å². The second kappa shape index (κ2) is 6.19. The molecule has 1 N–H and O–H groups in total. The lowest BCUT2D eigenvalue weighted by atomic mass is 10.2. The summed E-state index contributed by atoms with van der Waals surface area (Å²) in [6.07, 6.45) is 1.75. The van der Waals surface area contributed by atoms with Gasteiger partial charge in [0, 0.05) is 5.41 Å². The number of imide groups is 1. The zero-order valence-corrected chi connectivity index (χ0v) is 12.3. The predicted octanol–water partition coefficient (Wildman–Crippen LogP) is 0.724. The van der Waals surface area contributed by atoms with Gasteiger partial charge in [0.05, 0.1) is 6.54 Å². The Morgan fingerprint density at radius 2 is 1.95 bits per heavy atom. The van der Waals surface area contributed by atoms with Crippen LogP contribution in [0.5, 0.6) is 0 Å². The fourth-order valence-corrected chi connectivity index (χ4v) is 3.49. The number of piperazine rings is 1. The van der Waals surface area contributed by atoms with E-state index in [4.69, 9.17) is 0 Å². The van der Waals surface area contributed by atoms with Crippen molar-refractivity contribution < 1.29 is 18.0 Å². The van der Waals surface area contributed by atoms with Gasteiger partial charge in [0.2, 0.25) is 21.8 Å². The number of carbonyl (C=O) groups is 2. The molecule has 0 spiro atoms. The van der Waals surface area contributed by atoms with E-state index in [1.54, 1.807) is 31.2 Å². The summed E-state index contributed by atoms with van der Waals surface area (Å²) in [7, 11) is -3.84. The molecule has 1 unspecified atom stereocenters. The molecule has 0 aliphatic carbocycles. The average Bonchev–Trinajstić information content (AvgIpc) is 2.46.